The van der Waals surface area contributed by atoms with Crippen LogP contribution in [0, 0.1) is 0 Å². The maximum atomic E-state index is 12.0. The third kappa shape index (κ3) is 4.89. The molecule has 0 saturated heterocycles. The molecule has 0 radical (unpaired) electrons. The number of carbonyl (C=O) groups is 2. The lowest BCUT2D eigenvalue weighted by molar-refractivity contribution is -0.206. The Kier molecular flexibility index (Phi) is 4.87. The second-order valence-electron chi connectivity index (χ2n) is 4.35. The first-order valence-corrected chi connectivity index (χ1v) is 5.65. The lowest BCUT2D eigenvalue weighted by Crippen LogP contribution is -2.45. The van der Waals surface area contributed by atoms with Crippen LogP contribution in [-0.4, -0.2) is 36.4 Å². The van der Waals surface area contributed by atoms with E-state index in [4.69, 9.17) is 0 Å². The van der Waals surface area contributed by atoms with Crippen LogP contribution in [0.25, 0.3) is 0 Å². The Morgan fingerprint density at radius 3 is 1.80 bits per heavy atom. The number of nitrogens with one attached hydrogen (secondary N) is 1. The van der Waals surface area contributed by atoms with Crippen molar-refractivity contribution in [2.45, 2.75) is 50.2 Å². The molecule has 0 aliphatic heterocycles. The fraction of sp³-hybridized carbons (Fsp3) is 0.800. The predicted octanol–water partition coefficient (Wildman–Crippen LogP) is 2.08. The zero-order chi connectivity index (χ0) is 15.6. The number of rotatable bonds is 2. The highest BCUT2D eigenvalue weighted by atomic mass is 19.4. The SMILES string of the molecule is O=C(NC1CCC(OC(=O)C(F)(F)F)CC1)C(F)(F)F. The molecule has 0 unspecified atom stereocenters. The number of carbonyl (C=O) groups excluding carboxylic acids is 2. The normalized spacial score (nSPS) is 24.1. The summed E-state index contributed by atoms with van der Waals surface area (Å²) in [5.41, 5.74) is 0. The molecule has 1 aliphatic rings. The van der Waals surface area contributed by atoms with Gasteiger partial charge in [-0.3, -0.25) is 4.79 Å². The van der Waals surface area contributed by atoms with Crippen LogP contribution in [0.15, 0.2) is 0 Å². The number of ether oxygens (including phenoxy) is 1. The summed E-state index contributed by atoms with van der Waals surface area (Å²) in [7, 11) is 0. The molecule has 0 heterocycles. The highest BCUT2D eigenvalue weighted by molar-refractivity contribution is 5.81. The summed E-state index contributed by atoms with van der Waals surface area (Å²) in [5, 5.41) is 1.74. The molecule has 0 atom stereocenters. The van der Waals surface area contributed by atoms with Crippen LogP contribution < -0.4 is 5.32 Å². The van der Waals surface area contributed by atoms with E-state index < -0.39 is 36.4 Å². The molecule has 0 aromatic heterocycles. The van der Waals surface area contributed by atoms with Crippen LogP contribution in [-0.2, 0) is 14.3 Å². The van der Waals surface area contributed by atoms with Crippen molar-refractivity contribution in [3.8, 4) is 0 Å². The van der Waals surface area contributed by atoms with E-state index >= 15 is 0 Å². The van der Waals surface area contributed by atoms with E-state index in [9.17, 15) is 35.9 Å². The van der Waals surface area contributed by atoms with Crippen molar-refractivity contribution in [3.05, 3.63) is 0 Å². The van der Waals surface area contributed by atoms with Crippen molar-refractivity contribution < 1.29 is 40.7 Å². The van der Waals surface area contributed by atoms with Gasteiger partial charge in [0.05, 0.1) is 0 Å². The van der Waals surface area contributed by atoms with E-state index in [0.717, 1.165) is 0 Å². The zero-order valence-electron chi connectivity index (χ0n) is 9.98. The van der Waals surface area contributed by atoms with Gasteiger partial charge in [-0.05, 0) is 25.7 Å². The number of alkyl halides is 6. The van der Waals surface area contributed by atoms with E-state index in [1.807, 2.05) is 0 Å². The molecule has 20 heavy (non-hydrogen) atoms. The molecular weight excluding hydrogens is 296 g/mol. The summed E-state index contributed by atoms with van der Waals surface area (Å²) in [6.07, 6.45) is -11.1. The summed E-state index contributed by atoms with van der Waals surface area (Å²) in [4.78, 5) is 21.2. The van der Waals surface area contributed by atoms with Gasteiger partial charge in [0, 0.05) is 6.04 Å². The Balaban J connectivity index is 2.37. The second kappa shape index (κ2) is 5.88. The molecule has 1 fully saturated rings. The van der Waals surface area contributed by atoms with Crippen LogP contribution >= 0.6 is 0 Å². The first kappa shape index (κ1) is 16.6. The van der Waals surface area contributed by atoms with Crippen molar-refractivity contribution in [3.63, 3.8) is 0 Å². The molecular formula is C10H11F6NO3. The molecule has 1 N–H and O–H groups in total. The summed E-state index contributed by atoms with van der Waals surface area (Å²) < 4.78 is 75.9. The van der Waals surface area contributed by atoms with Gasteiger partial charge in [-0.1, -0.05) is 0 Å². The lowest BCUT2D eigenvalue weighted by atomic mass is 9.93. The van der Waals surface area contributed by atoms with Gasteiger partial charge in [0.2, 0.25) is 0 Å². The van der Waals surface area contributed by atoms with Gasteiger partial charge in [-0.25, -0.2) is 4.79 Å². The molecule has 0 aromatic rings. The second-order valence-corrected chi connectivity index (χ2v) is 4.35. The highest BCUT2D eigenvalue weighted by Crippen LogP contribution is 2.26. The number of halogens is 6. The highest BCUT2D eigenvalue weighted by Gasteiger charge is 2.43. The van der Waals surface area contributed by atoms with Gasteiger partial charge in [0.1, 0.15) is 6.10 Å². The maximum Gasteiger partial charge on any atom is 0.490 e. The fourth-order valence-electron chi connectivity index (χ4n) is 1.81. The number of amides is 1. The molecule has 4 nitrogen and oxygen atoms in total. The van der Waals surface area contributed by atoms with Crippen molar-refractivity contribution in [2.24, 2.45) is 0 Å². The van der Waals surface area contributed by atoms with Crippen LogP contribution in [0.2, 0.25) is 0 Å². The third-order valence-corrected chi connectivity index (χ3v) is 2.77. The Morgan fingerprint density at radius 1 is 0.900 bits per heavy atom. The van der Waals surface area contributed by atoms with E-state index in [2.05, 4.69) is 4.74 Å². The van der Waals surface area contributed by atoms with E-state index in [1.165, 1.54) is 0 Å². The predicted molar refractivity (Wildman–Crippen MR) is 52.4 cm³/mol. The van der Waals surface area contributed by atoms with Crippen molar-refractivity contribution >= 4 is 11.9 Å². The minimum atomic E-state index is -5.10. The minimum absolute atomic E-state index is 0.0115. The molecule has 1 amide bonds. The zero-order valence-corrected chi connectivity index (χ0v) is 9.98. The topological polar surface area (TPSA) is 55.4 Å². The van der Waals surface area contributed by atoms with Crippen molar-refractivity contribution in [2.75, 3.05) is 0 Å². The average Bonchev–Trinajstić information content (AvgIpc) is 2.29. The van der Waals surface area contributed by atoms with Gasteiger partial charge in [-0.2, -0.15) is 26.3 Å². The van der Waals surface area contributed by atoms with Crippen LogP contribution in [0.3, 0.4) is 0 Å². The standard InChI is InChI=1S/C10H11F6NO3/c11-9(12,13)7(18)17-5-1-3-6(4-2-5)20-8(19)10(14,15)16/h5-6H,1-4H2,(H,17,18). The molecule has 1 rings (SSSR count). The maximum absolute atomic E-state index is 12.0. The van der Waals surface area contributed by atoms with Crippen molar-refractivity contribution in [1.29, 1.82) is 0 Å². The number of hydrogen-bond acceptors (Lipinski definition) is 3. The van der Waals surface area contributed by atoms with E-state index in [-0.39, 0.29) is 25.7 Å². The summed E-state index contributed by atoms with van der Waals surface area (Å²) in [6.45, 7) is 0. The van der Waals surface area contributed by atoms with Gasteiger partial charge in [0.15, 0.2) is 0 Å². The van der Waals surface area contributed by atoms with E-state index in [0.29, 0.717) is 0 Å². The summed E-state index contributed by atoms with van der Waals surface area (Å²) in [5.74, 6) is -4.41. The molecule has 1 saturated carbocycles. The van der Waals surface area contributed by atoms with Gasteiger partial charge >= 0.3 is 24.2 Å². The van der Waals surface area contributed by atoms with Crippen LogP contribution in [0.1, 0.15) is 25.7 Å². The van der Waals surface area contributed by atoms with Crippen LogP contribution in [0.5, 0.6) is 0 Å². The monoisotopic (exact) mass is 307 g/mol. The first-order chi connectivity index (χ1) is 9.00. The molecule has 116 valence electrons. The Hall–Kier alpha value is -1.48. The summed E-state index contributed by atoms with van der Waals surface area (Å²) >= 11 is 0. The minimum Gasteiger partial charge on any atom is -0.456 e. The van der Waals surface area contributed by atoms with Crippen molar-refractivity contribution in [1.82, 2.24) is 5.32 Å². The quantitative estimate of drug-likeness (QED) is 0.628. The largest absolute Gasteiger partial charge is 0.490 e. The smallest absolute Gasteiger partial charge is 0.456 e. The van der Waals surface area contributed by atoms with Gasteiger partial charge < -0.3 is 10.1 Å². The molecule has 0 bridgehead atoms. The van der Waals surface area contributed by atoms with E-state index in [1.54, 1.807) is 5.32 Å². The lowest BCUT2D eigenvalue weighted by Gasteiger charge is -2.29. The molecule has 10 heteroatoms. The fourth-order valence-corrected chi connectivity index (χ4v) is 1.81. The third-order valence-electron chi connectivity index (χ3n) is 2.77. The molecule has 0 aromatic carbocycles. The van der Waals surface area contributed by atoms with Gasteiger partial charge in [-0.15, -0.1) is 0 Å². The number of esters is 1. The van der Waals surface area contributed by atoms with Crippen LogP contribution in [0.4, 0.5) is 26.3 Å². The Labute approximate surface area is 109 Å². The van der Waals surface area contributed by atoms with Gasteiger partial charge in [0.25, 0.3) is 0 Å². The molecule has 0 spiro atoms. The number of hydrogen-bond donors (Lipinski definition) is 1. The Bertz CT molecular complexity index is 334. The first-order valence-electron chi connectivity index (χ1n) is 5.65. The Morgan fingerprint density at radius 2 is 1.40 bits per heavy atom. The average molecular weight is 307 g/mol. The molecule has 1 aliphatic carbocycles. The summed E-state index contributed by atoms with van der Waals surface area (Å²) in [6, 6.07) is -0.787.